The molecule has 4 aliphatic rings. The molecule has 0 amide bonds. The number of fused-ring (bicyclic) bond motifs is 5. The average Bonchev–Trinajstić information content (AvgIpc) is 3.16. The van der Waals surface area contributed by atoms with E-state index in [9.17, 15) is 0 Å². The molecule has 0 saturated heterocycles. The van der Waals surface area contributed by atoms with Crippen LogP contribution in [0.5, 0.6) is 0 Å². The van der Waals surface area contributed by atoms with Gasteiger partial charge in [0.2, 0.25) is 0 Å². The normalized spacial score (nSPS) is 41.8. The van der Waals surface area contributed by atoms with Gasteiger partial charge in [-0.25, -0.2) is 5.84 Å². The number of hydrazine groups is 1. The molecular formula is C27H51N3O2. The van der Waals surface area contributed by atoms with Gasteiger partial charge in [-0.1, -0.05) is 13.8 Å². The predicted octanol–water partition coefficient (Wildman–Crippen LogP) is 4.76. The smallest absolute Gasteiger partial charge is 0.0494 e. The van der Waals surface area contributed by atoms with Crippen molar-refractivity contribution < 1.29 is 9.84 Å². The van der Waals surface area contributed by atoms with E-state index in [4.69, 9.17) is 21.4 Å². The molecule has 4 saturated carbocycles. The summed E-state index contributed by atoms with van der Waals surface area (Å²) in [5, 5.41) is 8.79. The summed E-state index contributed by atoms with van der Waals surface area (Å²) < 4.78 is 5.78. The van der Waals surface area contributed by atoms with E-state index < -0.39 is 0 Å². The quantitative estimate of drug-likeness (QED) is 0.385. The van der Waals surface area contributed by atoms with E-state index in [-0.39, 0.29) is 0 Å². The highest BCUT2D eigenvalue weighted by molar-refractivity contribution is 5.07. The van der Waals surface area contributed by atoms with Crippen LogP contribution in [0.1, 0.15) is 78.6 Å². The Morgan fingerprint density at radius 2 is 1.81 bits per heavy atom. The standard InChI is InChI=1S/C26H47N3O.CH4O/c1-4-30-17-19-5-7-21-20(15-19)6-8-23-22(21)11-12-26(3)24(9-10-25(23)26)18(2)16-29(28)14-13-27;1-2/h13-14,18-25H,4-12,15-17,27-28H2,1-3H3;2H,1H3/b14-13-;. The van der Waals surface area contributed by atoms with E-state index in [1.165, 1.54) is 57.8 Å². The van der Waals surface area contributed by atoms with Gasteiger partial charge in [-0.05, 0) is 117 Å². The zero-order valence-electron chi connectivity index (χ0n) is 21.2. The Kier molecular flexibility index (Phi) is 9.34. The second-order valence-electron chi connectivity index (χ2n) is 11.5. The minimum Gasteiger partial charge on any atom is -0.403 e. The van der Waals surface area contributed by atoms with Crippen LogP contribution in [0.4, 0.5) is 0 Å². The molecule has 0 radical (unpaired) electrons. The number of ether oxygens (including phenoxy) is 1. The van der Waals surface area contributed by atoms with E-state index in [0.29, 0.717) is 11.3 Å². The van der Waals surface area contributed by atoms with Crippen LogP contribution in [-0.2, 0) is 4.74 Å². The first-order valence-electron chi connectivity index (χ1n) is 13.4. The molecule has 9 atom stereocenters. The van der Waals surface area contributed by atoms with Crippen LogP contribution in [0.15, 0.2) is 12.4 Å². The van der Waals surface area contributed by atoms with Gasteiger partial charge in [0.15, 0.2) is 0 Å². The maximum Gasteiger partial charge on any atom is 0.0494 e. The maximum absolute atomic E-state index is 7.00. The lowest BCUT2D eigenvalue weighted by molar-refractivity contribution is -0.0786. The van der Waals surface area contributed by atoms with Crippen molar-refractivity contribution in [2.75, 3.05) is 26.9 Å². The molecule has 5 N–H and O–H groups in total. The van der Waals surface area contributed by atoms with Crippen LogP contribution in [0.25, 0.3) is 0 Å². The topological polar surface area (TPSA) is 84.7 Å². The van der Waals surface area contributed by atoms with E-state index in [1.807, 2.05) is 6.20 Å². The van der Waals surface area contributed by atoms with Crippen molar-refractivity contribution in [1.29, 1.82) is 0 Å². The second-order valence-corrected chi connectivity index (χ2v) is 11.5. The van der Waals surface area contributed by atoms with Crippen molar-refractivity contribution in [3.8, 4) is 0 Å². The van der Waals surface area contributed by atoms with Crippen LogP contribution in [0, 0.1) is 52.8 Å². The SMILES string of the molecule is CCOCC1CCC2C(CCC3C2CCC2(C)C(C(C)CN(N)/C=C\N)CCC32)C1.CO. The first-order chi connectivity index (χ1) is 15.5. The monoisotopic (exact) mass is 449 g/mol. The molecular weight excluding hydrogens is 398 g/mol. The van der Waals surface area contributed by atoms with Gasteiger partial charge in [0.05, 0.1) is 0 Å². The number of hydrogen-bond donors (Lipinski definition) is 3. The Hall–Kier alpha value is -0.780. The summed E-state index contributed by atoms with van der Waals surface area (Å²) in [5.74, 6) is 13.3. The number of nitrogens with two attached hydrogens (primary N) is 2. The predicted molar refractivity (Wildman–Crippen MR) is 132 cm³/mol. The van der Waals surface area contributed by atoms with Crippen molar-refractivity contribution in [2.45, 2.75) is 78.6 Å². The number of rotatable bonds is 7. The van der Waals surface area contributed by atoms with E-state index in [0.717, 1.165) is 68.3 Å². The van der Waals surface area contributed by atoms with Crippen molar-refractivity contribution in [3.05, 3.63) is 12.4 Å². The zero-order chi connectivity index (χ0) is 23.3. The van der Waals surface area contributed by atoms with E-state index in [2.05, 4.69) is 20.8 Å². The summed E-state index contributed by atoms with van der Waals surface area (Å²) in [6.45, 7) is 10.00. The first-order valence-corrected chi connectivity index (χ1v) is 13.4. The first kappa shape index (κ1) is 25.8. The molecule has 32 heavy (non-hydrogen) atoms. The lowest BCUT2D eigenvalue weighted by Crippen LogP contribution is -2.50. The van der Waals surface area contributed by atoms with Gasteiger partial charge in [-0.3, -0.25) is 0 Å². The third kappa shape index (κ3) is 5.15. The Morgan fingerprint density at radius 1 is 1.06 bits per heavy atom. The lowest BCUT2D eigenvalue weighted by atomic mass is 9.49. The van der Waals surface area contributed by atoms with Crippen molar-refractivity contribution in [1.82, 2.24) is 5.01 Å². The minimum absolute atomic E-state index is 0.521. The molecule has 0 bridgehead atoms. The fourth-order valence-corrected chi connectivity index (χ4v) is 8.99. The zero-order valence-corrected chi connectivity index (χ0v) is 21.2. The number of hydrogen-bond acceptors (Lipinski definition) is 5. The highest BCUT2D eigenvalue weighted by Crippen LogP contribution is 2.65. The second kappa shape index (κ2) is 11.6. The number of aliphatic hydroxyl groups is 1. The third-order valence-corrected chi connectivity index (χ3v) is 10.2. The molecule has 4 aliphatic carbocycles. The summed E-state index contributed by atoms with van der Waals surface area (Å²) in [7, 11) is 1.00. The van der Waals surface area contributed by atoms with Gasteiger partial charge in [0.25, 0.3) is 0 Å². The molecule has 4 fully saturated rings. The average molecular weight is 450 g/mol. The molecule has 5 heteroatoms. The molecule has 4 rings (SSSR count). The molecule has 186 valence electrons. The minimum atomic E-state index is 0.521. The van der Waals surface area contributed by atoms with Gasteiger partial charge in [0, 0.05) is 39.3 Å². The van der Waals surface area contributed by atoms with Gasteiger partial charge in [-0.2, -0.15) is 0 Å². The summed E-state index contributed by atoms with van der Waals surface area (Å²) in [4.78, 5) is 0. The molecule has 0 aromatic rings. The van der Waals surface area contributed by atoms with E-state index >= 15 is 0 Å². The molecule has 0 heterocycles. The Labute approximate surface area is 197 Å². The van der Waals surface area contributed by atoms with Crippen LogP contribution >= 0.6 is 0 Å². The van der Waals surface area contributed by atoms with Crippen LogP contribution in [0.3, 0.4) is 0 Å². The van der Waals surface area contributed by atoms with Crippen LogP contribution < -0.4 is 11.6 Å². The highest BCUT2D eigenvalue weighted by atomic mass is 16.5. The largest absolute Gasteiger partial charge is 0.403 e. The van der Waals surface area contributed by atoms with Gasteiger partial charge in [-0.15, -0.1) is 0 Å². The van der Waals surface area contributed by atoms with Gasteiger partial charge >= 0.3 is 0 Å². The molecule has 0 aromatic heterocycles. The number of aliphatic hydroxyl groups excluding tert-OH is 1. The molecule has 0 aliphatic heterocycles. The summed E-state index contributed by atoms with van der Waals surface area (Å²) in [6.07, 6.45) is 16.4. The Morgan fingerprint density at radius 3 is 2.53 bits per heavy atom. The van der Waals surface area contributed by atoms with E-state index in [1.54, 1.807) is 11.2 Å². The molecule has 5 nitrogen and oxygen atoms in total. The summed E-state index contributed by atoms with van der Waals surface area (Å²) >= 11 is 0. The van der Waals surface area contributed by atoms with Crippen molar-refractivity contribution in [2.24, 2.45) is 64.3 Å². The lowest BCUT2D eigenvalue weighted by Gasteiger charge is -2.57. The fourth-order valence-electron chi connectivity index (χ4n) is 8.99. The third-order valence-electron chi connectivity index (χ3n) is 10.2. The Balaban J connectivity index is 0.00000141. The highest BCUT2D eigenvalue weighted by Gasteiger charge is 2.57. The Bertz CT molecular complexity index is 599. The van der Waals surface area contributed by atoms with Crippen LogP contribution in [0.2, 0.25) is 0 Å². The molecule has 9 unspecified atom stereocenters. The van der Waals surface area contributed by atoms with Gasteiger partial charge < -0.3 is 20.6 Å². The van der Waals surface area contributed by atoms with Crippen molar-refractivity contribution in [3.63, 3.8) is 0 Å². The fraction of sp³-hybridized carbons (Fsp3) is 0.926. The van der Waals surface area contributed by atoms with Gasteiger partial charge in [0.1, 0.15) is 0 Å². The molecule has 0 aromatic carbocycles. The molecule has 0 spiro atoms. The maximum atomic E-state index is 7.00. The van der Waals surface area contributed by atoms with Crippen molar-refractivity contribution >= 4 is 0 Å². The number of nitrogens with zero attached hydrogens (tertiary/aromatic N) is 1. The summed E-state index contributed by atoms with van der Waals surface area (Å²) in [5.41, 5.74) is 6.06. The van der Waals surface area contributed by atoms with Crippen LogP contribution in [-0.4, -0.2) is 37.0 Å². The summed E-state index contributed by atoms with van der Waals surface area (Å²) in [6, 6.07) is 0.